The summed E-state index contributed by atoms with van der Waals surface area (Å²) >= 11 is 0. The predicted octanol–water partition coefficient (Wildman–Crippen LogP) is 3.72. The average molecular weight is 244 g/mol. The van der Waals surface area contributed by atoms with Gasteiger partial charge in [0.25, 0.3) is 0 Å². The van der Waals surface area contributed by atoms with E-state index in [9.17, 15) is 4.79 Å². The van der Waals surface area contributed by atoms with E-state index in [0.29, 0.717) is 12.5 Å². The molecule has 18 heavy (non-hydrogen) atoms. The van der Waals surface area contributed by atoms with Crippen molar-refractivity contribution in [1.82, 2.24) is 0 Å². The highest BCUT2D eigenvalue weighted by atomic mass is 16.5. The molecule has 0 saturated carbocycles. The summed E-state index contributed by atoms with van der Waals surface area (Å²) in [6.45, 7) is 4.64. The lowest BCUT2D eigenvalue weighted by Crippen LogP contribution is -2.26. The van der Waals surface area contributed by atoms with Gasteiger partial charge in [0, 0.05) is 0 Å². The Labute approximate surface area is 109 Å². The third-order valence-electron chi connectivity index (χ3n) is 3.58. The first-order valence-corrected chi connectivity index (χ1v) is 6.53. The van der Waals surface area contributed by atoms with Gasteiger partial charge in [-0.15, -0.1) is 0 Å². The lowest BCUT2D eigenvalue weighted by atomic mass is 9.81. The first-order valence-electron chi connectivity index (χ1n) is 6.53. The van der Waals surface area contributed by atoms with Gasteiger partial charge < -0.3 is 4.74 Å². The highest BCUT2D eigenvalue weighted by molar-refractivity contribution is 5.73. The monoisotopic (exact) mass is 244 g/mol. The molecule has 96 valence electrons. The van der Waals surface area contributed by atoms with Gasteiger partial charge in [-0.2, -0.15) is 0 Å². The molecule has 0 radical (unpaired) electrons. The molecule has 0 aliphatic heterocycles. The molecule has 0 N–H and O–H groups in total. The number of carbonyl (C=O) groups excluding carboxylic acids is 1. The van der Waals surface area contributed by atoms with Gasteiger partial charge in [0.2, 0.25) is 0 Å². The molecule has 1 aliphatic rings. The minimum Gasteiger partial charge on any atom is -0.461 e. The molecule has 2 atom stereocenters. The Hall–Kier alpha value is -1.57. The predicted molar refractivity (Wildman–Crippen MR) is 71.9 cm³/mol. The molecule has 1 aliphatic carbocycles. The zero-order valence-electron chi connectivity index (χ0n) is 11.1. The van der Waals surface area contributed by atoms with E-state index in [1.165, 1.54) is 5.57 Å². The van der Waals surface area contributed by atoms with Crippen molar-refractivity contribution in [3.05, 3.63) is 47.5 Å². The summed E-state index contributed by atoms with van der Waals surface area (Å²) in [6, 6.07) is 9.82. The fourth-order valence-electron chi connectivity index (χ4n) is 2.46. The number of allylic oxidation sites excluding steroid dienone is 2. The number of rotatable bonds is 3. The van der Waals surface area contributed by atoms with Crippen molar-refractivity contribution in [2.45, 2.75) is 33.3 Å². The second kappa shape index (κ2) is 5.85. The van der Waals surface area contributed by atoms with E-state index in [-0.39, 0.29) is 11.9 Å². The van der Waals surface area contributed by atoms with Crippen LogP contribution >= 0.6 is 0 Å². The quantitative estimate of drug-likeness (QED) is 0.598. The number of esters is 1. The lowest BCUT2D eigenvalue weighted by Gasteiger charge is -2.25. The Bertz CT molecular complexity index is 434. The summed E-state index contributed by atoms with van der Waals surface area (Å²) in [7, 11) is 0. The van der Waals surface area contributed by atoms with Gasteiger partial charge in [-0.1, -0.05) is 48.9 Å². The maximum Gasteiger partial charge on any atom is 0.309 e. The molecule has 1 aromatic rings. The van der Waals surface area contributed by atoms with Crippen LogP contribution in [0.15, 0.2) is 42.0 Å². The second-order valence-corrected chi connectivity index (χ2v) is 5.17. The molecule has 0 unspecified atom stereocenters. The van der Waals surface area contributed by atoms with Crippen molar-refractivity contribution >= 4 is 5.97 Å². The number of ether oxygens (including phenoxy) is 1. The Morgan fingerprint density at radius 1 is 1.33 bits per heavy atom. The Morgan fingerprint density at radius 3 is 2.72 bits per heavy atom. The van der Waals surface area contributed by atoms with E-state index < -0.39 is 0 Å². The smallest absolute Gasteiger partial charge is 0.309 e. The molecule has 0 aromatic heterocycles. The molecule has 1 aromatic carbocycles. The number of benzene rings is 1. The normalized spacial score (nSPS) is 23.3. The molecule has 0 amide bonds. The average Bonchev–Trinajstić information content (AvgIpc) is 2.37. The van der Waals surface area contributed by atoms with Crippen LogP contribution in [0.3, 0.4) is 0 Å². The lowest BCUT2D eigenvalue weighted by molar-refractivity contribution is -0.151. The van der Waals surface area contributed by atoms with Crippen molar-refractivity contribution in [3.8, 4) is 0 Å². The van der Waals surface area contributed by atoms with E-state index in [4.69, 9.17) is 4.74 Å². The molecular formula is C16H20O2. The highest BCUT2D eigenvalue weighted by Crippen LogP contribution is 2.30. The molecule has 2 nitrogen and oxygen atoms in total. The van der Waals surface area contributed by atoms with E-state index in [1.54, 1.807) is 0 Å². The summed E-state index contributed by atoms with van der Waals surface area (Å²) in [4.78, 5) is 12.0. The third kappa shape index (κ3) is 3.22. The highest BCUT2D eigenvalue weighted by Gasteiger charge is 2.28. The van der Waals surface area contributed by atoms with Crippen LogP contribution in [0.4, 0.5) is 0 Å². The zero-order valence-corrected chi connectivity index (χ0v) is 11.1. The molecule has 0 saturated heterocycles. The van der Waals surface area contributed by atoms with Crippen molar-refractivity contribution in [2.75, 3.05) is 0 Å². The van der Waals surface area contributed by atoms with Crippen LogP contribution in [0, 0.1) is 11.8 Å². The van der Waals surface area contributed by atoms with Crippen LogP contribution in [-0.4, -0.2) is 5.97 Å². The van der Waals surface area contributed by atoms with Crippen molar-refractivity contribution in [1.29, 1.82) is 0 Å². The first kappa shape index (κ1) is 12.9. The summed E-state index contributed by atoms with van der Waals surface area (Å²) in [5.41, 5.74) is 2.43. The van der Waals surface area contributed by atoms with Gasteiger partial charge in [-0.25, -0.2) is 0 Å². The summed E-state index contributed by atoms with van der Waals surface area (Å²) in [6.07, 6.45) is 3.99. The van der Waals surface area contributed by atoms with Crippen LogP contribution < -0.4 is 0 Å². The molecule has 0 fully saturated rings. The molecule has 0 bridgehead atoms. The van der Waals surface area contributed by atoms with Crippen LogP contribution in [0.1, 0.15) is 32.3 Å². The van der Waals surface area contributed by atoms with E-state index >= 15 is 0 Å². The standard InChI is InChI=1S/C16H20O2/c1-12-8-9-15(13(2)10-12)16(17)18-11-14-6-4-3-5-7-14/h3-8,13,15H,9-11H2,1-2H3/t13-,15-/m0/s1. The Morgan fingerprint density at radius 2 is 2.06 bits per heavy atom. The van der Waals surface area contributed by atoms with Crippen molar-refractivity contribution < 1.29 is 9.53 Å². The van der Waals surface area contributed by atoms with E-state index in [2.05, 4.69) is 19.9 Å². The fraction of sp³-hybridized carbons (Fsp3) is 0.438. The molecule has 0 heterocycles. The number of carbonyl (C=O) groups is 1. The largest absolute Gasteiger partial charge is 0.461 e. The van der Waals surface area contributed by atoms with Gasteiger partial charge in [-0.3, -0.25) is 4.79 Å². The Balaban J connectivity index is 1.89. The van der Waals surface area contributed by atoms with E-state index in [1.807, 2.05) is 30.3 Å². The van der Waals surface area contributed by atoms with Crippen LogP contribution in [0.25, 0.3) is 0 Å². The topological polar surface area (TPSA) is 26.3 Å². The number of hydrogen-bond donors (Lipinski definition) is 0. The fourth-order valence-corrected chi connectivity index (χ4v) is 2.46. The van der Waals surface area contributed by atoms with Gasteiger partial charge >= 0.3 is 5.97 Å². The van der Waals surface area contributed by atoms with Crippen LogP contribution in [0.5, 0.6) is 0 Å². The van der Waals surface area contributed by atoms with E-state index in [0.717, 1.165) is 18.4 Å². The van der Waals surface area contributed by atoms with Crippen LogP contribution in [0.2, 0.25) is 0 Å². The SMILES string of the molecule is CC1=CC[C@H](C(=O)OCc2ccccc2)[C@@H](C)C1. The zero-order chi connectivity index (χ0) is 13.0. The first-order chi connectivity index (χ1) is 8.66. The minimum atomic E-state index is -0.0601. The summed E-state index contributed by atoms with van der Waals surface area (Å²) in [5.74, 6) is 0.353. The molecule has 2 heteroatoms. The molecular weight excluding hydrogens is 224 g/mol. The Kier molecular flexibility index (Phi) is 4.19. The van der Waals surface area contributed by atoms with Gasteiger partial charge in [0.05, 0.1) is 5.92 Å². The third-order valence-corrected chi connectivity index (χ3v) is 3.58. The van der Waals surface area contributed by atoms with Gasteiger partial charge in [0.1, 0.15) is 6.61 Å². The molecule has 0 spiro atoms. The van der Waals surface area contributed by atoms with Gasteiger partial charge in [0.15, 0.2) is 0 Å². The number of hydrogen-bond acceptors (Lipinski definition) is 2. The summed E-state index contributed by atoms with van der Waals surface area (Å²) in [5, 5.41) is 0. The second-order valence-electron chi connectivity index (χ2n) is 5.17. The maximum absolute atomic E-state index is 12.0. The minimum absolute atomic E-state index is 0.0254. The van der Waals surface area contributed by atoms with Crippen molar-refractivity contribution in [3.63, 3.8) is 0 Å². The van der Waals surface area contributed by atoms with Crippen LogP contribution in [-0.2, 0) is 16.1 Å². The molecule has 2 rings (SSSR count). The van der Waals surface area contributed by atoms with Crippen molar-refractivity contribution in [2.24, 2.45) is 11.8 Å². The maximum atomic E-state index is 12.0. The van der Waals surface area contributed by atoms with Gasteiger partial charge in [-0.05, 0) is 31.2 Å². The summed E-state index contributed by atoms with van der Waals surface area (Å²) < 4.78 is 5.41.